The van der Waals surface area contributed by atoms with Crippen molar-refractivity contribution in [1.29, 1.82) is 0 Å². The van der Waals surface area contributed by atoms with Gasteiger partial charge in [-0.05, 0) is 33.2 Å². The van der Waals surface area contributed by atoms with Crippen molar-refractivity contribution in [3.8, 4) is 0 Å². The van der Waals surface area contributed by atoms with Gasteiger partial charge in [-0.1, -0.05) is 6.92 Å². The smallest absolute Gasteiger partial charge is 0.389 e. The molecule has 0 spiro atoms. The minimum absolute atomic E-state index is 0.0323. The Morgan fingerprint density at radius 1 is 1.15 bits per heavy atom. The van der Waals surface area contributed by atoms with Crippen LogP contribution in [-0.4, -0.2) is 44.0 Å². The zero-order valence-electron chi connectivity index (χ0n) is 12.3. The van der Waals surface area contributed by atoms with Crippen LogP contribution in [0.4, 0.5) is 13.2 Å². The predicted molar refractivity (Wildman–Crippen MR) is 69.4 cm³/mol. The van der Waals surface area contributed by atoms with Crippen molar-refractivity contribution >= 4 is 5.97 Å². The number of rotatable bonds is 10. The summed E-state index contributed by atoms with van der Waals surface area (Å²) < 4.78 is 45.9. The van der Waals surface area contributed by atoms with E-state index < -0.39 is 18.1 Å². The lowest BCUT2D eigenvalue weighted by atomic mass is 9.98. The van der Waals surface area contributed by atoms with Crippen LogP contribution >= 0.6 is 0 Å². The molecular formula is C13H24F3NO3. The van der Waals surface area contributed by atoms with E-state index in [9.17, 15) is 18.0 Å². The van der Waals surface area contributed by atoms with E-state index in [4.69, 9.17) is 9.47 Å². The lowest BCUT2D eigenvalue weighted by molar-refractivity contribution is -0.151. The van der Waals surface area contributed by atoms with Crippen LogP contribution in [0, 0.1) is 0 Å². The molecule has 0 amide bonds. The molecule has 7 heteroatoms. The van der Waals surface area contributed by atoms with Gasteiger partial charge in [0.1, 0.15) is 5.54 Å². The predicted octanol–water partition coefficient (Wildman–Crippen LogP) is 2.67. The van der Waals surface area contributed by atoms with Crippen molar-refractivity contribution in [2.45, 2.75) is 51.7 Å². The molecule has 20 heavy (non-hydrogen) atoms. The van der Waals surface area contributed by atoms with Gasteiger partial charge in [-0.25, -0.2) is 0 Å². The molecule has 0 aliphatic rings. The maximum absolute atomic E-state index is 11.9. The molecule has 120 valence electrons. The van der Waals surface area contributed by atoms with Gasteiger partial charge in [0.15, 0.2) is 0 Å². The molecule has 0 saturated carbocycles. The fourth-order valence-electron chi connectivity index (χ4n) is 1.70. The Kier molecular flexibility index (Phi) is 8.80. The average Bonchev–Trinajstić information content (AvgIpc) is 2.33. The Balaban J connectivity index is 4.00. The first kappa shape index (κ1) is 19.2. The molecule has 0 aliphatic heterocycles. The molecule has 0 radical (unpaired) electrons. The highest BCUT2D eigenvalue weighted by Gasteiger charge is 2.33. The summed E-state index contributed by atoms with van der Waals surface area (Å²) in [4.78, 5) is 11.8. The number of carbonyl (C=O) groups excluding carboxylic acids is 1. The summed E-state index contributed by atoms with van der Waals surface area (Å²) in [6.45, 7) is 6.40. The monoisotopic (exact) mass is 299 g/mol. The normalized spacial score (nSPS) is 14.9. The highest BCUT2D eigenvalue weighted by Crippen LogP contribution is 2.21. The highest BCUT2D eigenvalue weighted by atomic mass is 19.4. The van der Waals surface area contributed by atoms with E-state index in [1.165, 1.54) is 0 Å². The molecule has 0 saturated heterocycles. The van der Waals surface area contributed by atoms with Gasteiger partial charge < -0.3 is 14.8 Å². The minimum atomic E-state index is -4.15. The van der Waals surface area contributed by atoms with E-state index in [1.54, 1.807) is 13.8 Å². The minimum Gasteiger partial charge on any atom is -0.465 e. The van der Waals surface area contributed by atoms with Crippen molar-refractivity contribution in [3.05, 3.63) is 0 Å². The molecule has 1 N–H and O–H groups in total. The number of esters is 1. The topological polar surface area (TPSA) is 47.6 Å². The molecule has 0 aliphatic carbocycles. The Bertz CT molecular complexity index is 285. The van der Waals surface area contributed by atoms with Crippen molar-refractivity contribution in [2.75, 3.05) is 26.4 Å². The molecule has 0 aromatic rings. The van der Waals surface area contributed by atoms with E-state index in [0.29, 0.717) is 13.0 Å². The van der Waals surface area contributed by atoms with Gasteiger partial charge in [0.2, 0.25) is 0 Å². The summed E-state index contributed by atoms with van der Waals surface area (Å²) in [6.07, 6.45) is -4.71. The van der Waals surface area contributed by atoms with Gasteiger partial charge in [0.05, 0.1) is 6.61 Å². The number of likely N-dealkylation sites (N-methyl/N-ethyl adjacent to an activating group) is 1. The number of hydrogen-bond donors (Lipinski definition) is 1. The Labute approximate surface area is 118 Å². The second-order valence-corrected chi connectivity index (χ2v) is 4.66. The Morgan fingerprint density at radius 2 is 1.80 bits per heavy atom. The first-order valence-corrected chi connectivity index (χ1v) is 6.82. The van der Waals surface area contributed by atoms with E-state index in [0.717, 1.165) is 0 Å². The van der Waals surface area contributed by atoms with Gasteiger partial charge in [-0.3, -0.25) is 4.79 Å². The van der Waals surface area contributed by atoms with Gasteiger partial charge in [-0.15, -0.1) is 0 Å². The van der Waals surface area contributed by atoms with Crippen molar-refractivity contribution in [2.24, 2.45) is 0 Å². The molecule has 0 bridgehead atoms. The Hall–Kier alpha value is -0.820. The van der Waals surface area contributed by atoms with Gasteiger partial charge in [-0.2, -0.15) is 13.2 Å². The first-order valence-electron chi connectivity index (χ1n) is 6.82. The second kappa shape index (κ2) is 9.18. The van der Waals surface area contributed by atoms with Crippen LogP contribution in [0.5, 0.6) is 0 Å². The van der Waals surface area contributed by atoms with Crippen molar-refractivity contribution in [3.63, 3.8) is 0 Å². The van der Waals surface area contributed by atoms with Gasteiger partial charge in [0, 0.05) is 19.6 Å². The number of nitrogens with one attached hydrogen (secondary N) is 1. The summed E-state index contributed by atoms with van der Waals surface area (Å²) >= 11 is 0. The zero-order valence-corrected chi connectivity index (χ0v) is 12.3. The standard InChI is InChI=1S/C13H24F3NO3/c1-4-17-12(3,11(18)20-5-2)8-10-19-9-6-7-13(14,15)16/h17H,4-10H2,1-3H3. The lowest BCUT2D eigenvalue weighted by Gasteiger charge is -2.28. The highest BCUT2D eigenvalue weighted by molar-refractivity contribution is 5.80. The van der Waals surface area contributed by atoms with E-state index in [2.05, 4.69) is 5.32 Å². The van der Waals surface area contributed by atoms with Gasteiger partial charge in [0.25, 0.3) is 0 Å². The van der Waals surface area contributed by atoms with Crippen LogP contribution in [-0.2, 0) is 14.3 Å². The summed E-state index contributed by atoms with van der Waals surface area (Å²) in [5, 5.41) is 3.02. The number of alkyl halides is 3. The number of ether oxygens (including phenoxy) is 2. The maximum Gasteiger partial charge on any atom is 0.389 e. The largest absolute Gasteiger partial charge is 0.465 e. The first-order chi connectivity index (χ1) is 9.25. The van der Waals surface area contributed by atoms with E-state index in [1.807, 2.05) is 6.92 Å². The third-order valence-electron chi connectivity index (χ3n) is 2.79. The van der Waals surface area contributed by atoms with Crippen LogP contribution in [0.3, 0.4) is 0 Å². The SMILES string of the molecule is CCNC(C)(CCOCCCC(F)(F)F)C(=O)OCC. The molecule has 4 nitrogen and oxygen atoms in total. The fraction of sp³-hybridized carbons (Fsp3) is 0.923. The third kappa shape index (κ3) is 8.37. The summed E-state index contributed by atoms with van der Waals surface area (Å²) in [6, 6.07) is 0. The average molecular weight is 299 g/mol. The quantitative estimate of drug-likeness (QED) is 0.498. The molecule has 1 unspecified atom stereocenters. The van der Waals surface area contributed by atoms with Crippen molar-refractivity contribution in [1.82, 2.24) is 5.32 Å². The second-order valence-electron chi connectivity index (χ2n) is 4.66. The molecule has 0 aromatic heterocycles. The summed E-state index contributed by atoms with van der Waals surface area (Å²) in [5.41, 5.74) is -0.866. The Morgan fingerprint density at radius 3 is 2.30 bits per heavy atom. The third-order valence-corrected chi connectivity index (χ3v) is 2.79. The molecular weight excluding hydrogens is 275 g/mol. The summed E-state index contributed by atoms with van der Waals surface area (Å²) in [5.74, 6) is -0.374. The van der Waals surface area contributed by atoms with Crippen molar-refractivity contribution < 1.29 is 27.4 Å². The van der Waals surface area contributed by atoms with Crippen LogP contribution in [0.1, 0.15) is 40.0 Å². The maximum atomic E-state index is 11.9. The molecule has 1 atom stereocenters. The molecule has 0 fully saturated rings. The number of halogens is 3. The molecule has 0 aromatic carbocycles. The van der Waals surface area contributed by atoms with Crippen LogP contribution < -0.4 is 5.32 Å². The van der Waals surface area contributed by atoms with E-state index >= 15 is 0 Å². The van der Waals surface area contributed by atoms with Gasteiger partial charge >= 0.3 is 12.1 Å². The number of hydrogen-bond acceptors (Lipinski definition) is 4. The molecule has 0 rings (SSSR count). The summed E-state index contributed by atoms with van der Waals surface area (Å²) in [7, 11) is 0. The van der Waals surface area contributed by atoms with Crippen LogP contribution in [0.25, 0.3) is 0 Å². The lowest BCUT2D eigenvalue weighted by Crippen LogP contribution is -2.51. The number of carbonyl (C=O) groups is 1. The zero-order chi connectivity index (χ0) is 15.6. The van der Waals surface area contributed by atoms with Crippen LogP contribution in [0.15, 0.2) is 0 Å². The fourth-order valence-corrected chi connectivity index (χ4v) is 1.70. The van der Waals surface area contributed by atoms with Crippen LogP contribution in [0.2, 0.25) is 0 Å². The van der Waals surface area contributed by atoms with E-state index in [-0.39, 0.29) is 32.2 Å². The molecule has 0 heterocycles.